The van der Waals surface area contributed by atoms with Crippen molar-refractivity contribution in [1.82, 2.24) is 14.9 Å². The van der Waals surface area contributed by atoms with Crippen LogP contribution in [0.25, 0.3) is 0 Å². The van der Waals surface area contributed by atoms with Crippen LogP contribution in [0.2, 0.25) is 0 Å². The Labute approximate surface area is 89.7 Å². The number of hydrogen-bond donors (Lipinski definition) is 1. The number of fused-ring (bicyclic) bond motifs is 1. The first kappa shape index (κ1) is 10.2. The fraction of sp³-hybridized carbons (Fsp3) is 0.222. The lowest BCUT2D eigenvalue weighted by Gasteiger charge is -2.08. The quantitative estimate of drug-likeness (QED) is 0.673. The molecule has 0 atom stereocenters. The molecule has 1 aliphatic rings. The summed E-state index contributed by atoms with van der Waals surface area (Å²) in [6.45, 7) is 0.922. The Hall–Kier alpha value is -2.31. The molecule has 0 radical (unpaired) electrons. The zero-order chi connectivity index (χ0) is 11.9. The van der Waals surface area contributed by atoms with E-state index in [2.05, 4.69) is 9.97 Å². The maximum Gasteiger partial charge on any atom is 0.323 e. The lowest BCUT2D eigenvalue weighted by molar-refractivity contribution is -0.137. The van der Waals surface area contributed by atoms with Crippen molar-refractivity contribution in [2.45, 2.75) is 6.92 Å². The fourth-order valence-electron chi connectivity index (χ4n) is 1.43. The summed E-state index contributed by atoms with van der Waals surface area (Å²) in [5.41, 5.74) is 0.0237. The Bertz CT molecular complexity index is 511. The van der Waals surface area contributed by atoms with Crippen molar-refractivity contribution in [2.24, 2.45) is 0 Å². The van der Waals surface area contributed by atoms with Gasteiger partial charge in [-0.25, -0.2) is 9.97 Å². The maximum atomic E-state index is 11.6. The minimum Gasteiger partial charge on any atom is -0.480 e. The maximum absolute atomic E-state index is 11.6. The molecule has 0 aromatic carbocycles. The first-order valence-electron chi connectivity index (χ1n) is 4.42. The van der Waals surface area contributed by atoms with E-state index < -0.39 is 24.3 Å². The van der Waals surface area contributed by atoms with E-state index >= 15 is 0 Å². The largest absolute Gasteiger partial charge is 0.480 e. The number of imide groups is 1. The Morgan fingerprint density at radius 1 is 1.44 bits per heavy atom. The molecule has 1 N–H and O–H groups in total. The molecule has 0 spiro atoms. The summed E-state index contributed by atoms with van der Waals surface area (Å²) in [5.74, 6) is -2.24. The number of aryl methyl sites for hydroxylation is 1. The predicted octanol–water partition coefficient (Wildman–Crippen LogP) is -0.534. The summed E-state index contributed by atoms with van der Waals surface area (Å²) >= 11 is 0. The van der Waals surface area contributed by atoms with Crippen LogP contribution in [0.5, 0.6) is 0 Å². The van der Waals surface area contributed by atoms with Gasteiger partial charge in [-0.15, -0.1) is 0 Å². The molecule has 0 unspecified atom stereocenters. The number of carbonyl (C=O) groups excluding carboxylic acids is 2. The van der Waals surface area contributed by atoms with Gasteiger partial charge in [0.1, 0.15) is 18.1 Å². The lowest BCUT2D eigenvalue weighted by atomic mass is 10.2. The molecule has 16 heavy (non-hydrogen) atoms. The molecule has 7 heteroatoms. The van der Waals surface area contributed by atoms with Crippen LogP contribution in [0.15, 0.2) is 6.20 Å². The zero-order valence-electron chi connectivity index (χ0n) is 8.30. The number of carbonyl (C=O) groups is 3. The monoisotopic (exact) mass is 221 g/mol. The van der Waals surface area contributed by atoms with Crippen LogP contribution in [0.3, 0.4) is 0 Å². The van der Waals surface area contributed by atoms with Crippen molar-refractivity contribution >= 4 is 17.8 Å². The van der Waals surface area contributed by atoms with Crippen molar-refractivity contribution in [3.63, 3.8) is 0 Å². The average molecular weight is 221 g/mol. The van der Waals surface area contributed by atoms with Gasteiger partial charge in [0.2, 0.25) is 0 Å². The number of carboxylic acids is 1. The van der Waals surface area contributed by atoms with Gasteiger partial charge in [0.05, 0.1) is 5.56 Å². The van der Waals surface area contributed by atoms with Crippen LogP contribution in [-0.4, -0.2) is 44.3 Å². The van der Waals surface area contributed by atoms with Gasteiger partial charge >= 0.3 is 5.97 Å². The molecule has 0 aliphatic carbocycles. The summed E-state index contributed by atoms with van der Waals surface area (Å²) in [7, 11) is 0. The minimum atomic E-state index is -1.25. The third-order valence-corrected chi connectivity index (χ3v) is 2.13. The molecule has 7 nitrogen and oxygen atoms in total. The van der Waals surface area contributed by atoms with E-state index in [0.717, 1.165) is 0 Å². The molecule has 2 rings (SSSR count). The molecular formula is C9H7N3O4. The Morgan fingerprint density at radius 2 is 2.12 bits per heavy atom. The van der Waals surface area contributed by atoms with Crippen molar-refractivity contribution in [3.05, 3.63) is 23.3 Å². The van der Waals surface area contributed by atoms with Gasteiger partial charge in [-0.1, -0.05) is 0 Å². The van der Waals surface area contributed by atoms with E-state index in [0.29, 0.717) is 10.7 Å². The highest BCUT2D eigenvalue weighted by Gasteiger charge is 2.38. The minimum absolute atomic E-state index is 0.0289. The molecule has 1 aromatic heterocycles. The third kappa shape index (κ3) is 1.42. The molecule has 2 amide bonds. The van der Waals surface area contributed by atoms with Crippen molar-refractivity contribution < 1.29 is 19.5 Å². The number of aliphatic carboxylic acids is 1. The van der Waals surface area contributed by atoms with Crippen LogP contribution in [0, 0.1) is 6.92 Å². The Balaban J connectivity index is 2.44. The van der Waals surface area contributed by atoms with Crippen LogP contribution < -0.4 is 0 Å². The summed E-state index contributed by atoms with van der Waals surface area (Å²) in [5, 5.41) is 8.56. The summed E-state index contributed by atoms with van der Waals surface area (Å²) in [6.07, 6.45) is 1.24. The van der Waals surface area contributed by atoms with E-state index in [-0.39, 0.29) is 11.3 Å². The number of nitrogens with zero attached hydrogens (tertiary/aromatic N) is 3. The second-order valence-corrected chi connectivity index (χ2v) is 3.27. The van der Waals surface area contributed by atoms with E-state index in [1.807, 2.05) is 0 Å². The molecule has 82 valence electrons. The summed E-state index contributed by atoms with van der Waals surface area (Å²) in [6, 6.07) is 0. The average Bonchev–Trinajstić information content (AvgIpc) is 2.43. The predicted molar refractivity (Wildman–Crippen MR) is 49.8 cm³/mol. The highest BCUT2D eigenvalue weighted by atomic mass is 16.4. The van der Waals surface area contributed by atoms with Crippen molar-refractivity contribution in [2.75, 3.05) is 6.54 Å². The Morgan fingerprint density at radius 3 is 2.75 bits per heavy atom. The van der Waals surface area contributed by atoms with Gasteiger partial charge in [-0.05, 0) is 6.92 Å². The standard InChI is InChI=1S/C9H7N3O4/c1-4-10-2-5-7(11-4)9(16)12(8(5)15)3-6(13)14/h2H,3H2,1H3,(H,13,14). The summed E-state index contributed by atoms with van der Waals surface area (Å²) < 4.78 is 0. The second-order valence-electron chi connectivity index (χ2n) is 3.27. The molecule has 2 heterocycles. The molecule has 1 aromatic rings. The van der Waals surface area contributed by atoms with Crippen LogP contribution in [0.4, 0.5) is 0 Å². The van der Waals surface area contributed by atoms with Gasteiger partial charge in [0.25, 0.3) is 11.8 Å². The van der Waals surface area contributed by atoms with E-state index in [1.54, 1.807) is 6.92 Å². The van der Waals surface area contributed by atoms with Crippen LogP contribution in [-0.2, 0) is 4.79 Å². The first-order valence-corrected chi connectivity index (χ1v) is 4.42. The van der Waals surface area contributed by atoms with E-state index in [9.17, 15) is 14.4 Å². The number of hydrogen-bond acceptors (Lipinski definition) is 5. The fourth-order valence-corrected chi connectivity index (χ4v) is 1.43. The smallest absolute Gasteiger partial charge is 0.323 e. The third-order valence-electron chi connectivity index (χ3n) is 2.13. The lowest BCUT2D eigenvalue weighted by Crippen LogP contribution is -2.34. The first-order chi connectivity index (χ1) is 7.50. The topological polar surface area (TPSA) is 100 Å². The van der Waals surface area contributed by atoms with Crippen LogP contribution in [0.1, 0.15) is 26.7 Å². The zero-order valence-corrected chi connectivity index (χ0v) is 8.30. The molecule has 1 aliphatic heterocycles. The Kier molecular flexibility index (Phi) is 2.15. The number of aromatic nitrogens is 2. The molecule has 0 saturated heterocycles. The molecule has 0 fully saturated rings. The van der Waals surface area contributed by atoms with Gasteiger partial charge in [0.15, 0.2) is 0 Å². The van der Waals surface area contributed by atoms with Crippen LogP contribution >= 0.6 is 0 Å². The number of carboxylic acid groups (broad SMARTS) is 1. The van der Waals surface area contributed by atoms with Gasteiger partial charge < -0.3 is 5.11 Å². The van der Waals surface area contributed by atoms with E-state index in [4.69, 9.17) is 5.11 Å². The van der Waals surface area contributed by atoms with Crippen molar-refractivity contribution in [1.29, 1.82) is 0 Å². The van der Waals surface area contributed by atoms with E-state index in [1.165, 1.54) is 6.20 Å². The van der Waals surface area contributed by atoms with Gasteiger partial charge in [-0.3, -0.25) is 19.3 Å². The highest BCUT2D eigenvalue weighted by molar-refractivity contribution is 6.21. The summed E-state index contributed by atoms with van der Waals surface area (Å²) in [4.78, 5) is 42.0. The highest BCUT2D eigenvalue weighted by Crippen LogP contribution is 2.19. The number of amides is 2. The van der Waals surface area contributed by atoms with Gasteiger partial charge in [0, 0.05) is 6.20 Å². The SMILES string of the molecule is Cc1ncc2c(n1)C(=O)N(CC(=O)O)C2=O. The molecular weight excluding hydrogens is 214 g/mol. The number of rotatable bonds is 2. The molecule has 0 bridgehead atoms. The van der Waals surface area contributed by atoms with Gasteiger partial charge in [-0.2, -0.15) is 0 Å². The molecule has 0 saturated carbocycles. The normalized spacial score (nSPS) is 14.2. The second kappa shape index (κ2) is 3.37. The van der Waals surface area contributed by atoms with Crippen molar-refractivity contribution in [3.8, 4) is 0 Å².